The summed E-state index contributed by atoms with van der Waals surface area (Å²) in [6.07, 6.45) is 0. The molecule has 1 amide bonds. The van der Waals surface area contributed by atoms with Crippen LogP contribution in [0.5, 0.6) is 0 Å². The highest BCUT2D eigenvalue weighted by molar-refractivity contribution is 6.33. The lowest BCUT2D eigenvalue weighted by Gasteiger charge is -2.44. The molecule has 1 N–H and O–H groups in total. The first kappa shape index (κ1) is 11.9. The third-order valence-corrected chi connectivity index (χ3v) is 3.20. The van der Waals surface area contributed by atoms with Crippen LogP contribution in [0.25, 0.3) is 0 Å². The van der Waals surface area contributed by atoms with Gasteiger partial charge < -0.3 is 10.0 Å². The number of hydrogen-bond acceptors (Lipinski definition) is 2. The first-order valence-corrected chi connectivity index (χ1v) is 5.55. The molecule has 1 aliphatic rings. The maximum atomic E-state index is 11.8. The largest absolute Gasteiger partial charge is 0.478 e. The molecule has 0 bridgehead atoms. The lowest BCUT2D eigenvalue weighted by atomic mass is 9.82. The molecule has 0 unspecified atom stereocenters. The zero-order valence-electron chi connectivity index (χ0n) is 9.53. The van der Waals surface area contributed by atoms with Gasteiger partial charge in [0.2, 0.25) is 5.91 Å². The van der Waals surface area contributed by atoms with E-state index in [1.807, 2.05) is 13.8 Å². The summed E-state index contributed by atoms with van der Waals surface area (Å²) < 4.78 is 0. The van der Waals surface area contributed by atoms with Crippen molar-refractivity contribution < 1.29 is 14.7 Å². The molecule has 1 heterocycles. The monoisotopic (exact) mass is 253 g/mol. The summed E-state index contributed by atoms with van der Waals surface area (Å²) in [7, 11) is 0. The number of hydrogen-bond donors (Lipinski definition) is 1. The molecular weight excluding hydrogens is 242 g/mol. The highest BCUT2D eigenvalue weighted by Gasteiger charge is 2.44. The second kappa shape index (κ2) is 3.74. The van der Waals surface area contributed by atoms with Gasteiger partial charge in [-0.25, -0.2) is 4.79 Å². The fourth-order valence-corrected chi connectivity index (χ4v) is 2.06. The maximum absolute atomic E-state index is 11.8. The van der Waals surface area contributed by atoms with Crippen molar-refractivity contribution >= 4 is 29.2 Å². The summed E-state index contributed by atoms with van der Waals surface area (Å²) in [6, 6.07) is 4.58. The van der Waals surface area contributed by atoms with Crippen LogP contribution in [0.1, 0.15) is 24.2 Å². The quantitative estimate of drug-likeness (QED) is 0.824. The molecule has 1 aliphatic heterocycles. The third kappa shape index (κ3) is 1.89. The Morgan fingerprint density at radius 2 is 2.12 bits per heavy atom. The number of carboxylic acids is 1. The summed E-state index contributed by atoms with van der Waals surface area (Å²) in [5.41, 5.74) is 0.237. The zero-order chi connectivity index (χ0) is 12.8. The van der Waals surface area contributed by atoms with Crippen LogP contribution in [0.4, 0.5) is 5.69 Å². The standard InChI is InChI=1S/C12H12ClNO3/c1-12(2)6-14(11(12)17)7-3-4-9(13)8(5-7)10(15)16/h3-5H,6H2,1-2H3,(H,15,16). The number of amides is 1. The van der Waals surface area contributed by atoms with E-state index in [1.165, 1.54) is 12.1 Å². The Kier molecular flexibility index (Phi) is 2.62. The van der Waals surface area contributed by atoms with Crippen molar-refractivity contribution in [2.45, 2.75) is 13.8 Å². The lowest BCUT2D eigenvalue weighted by Crippen LogP contribution is -2.58. The molecule has 1 fully saturated rings. The van der Waals surface area contributed by atoms with Crippen LogP contribution in [0.2, 0.25) is 5.02 Å². The van der Waals surface area contributed by atoms with Crippen molar-refractivity contribution in [3.8, 4) is 0 Å². The minimum atomic E-state index is -1.09. The van der Waals surface area contributed by atoms with E-state index in [2.05, 4.69) is 0 Å². The van der Waals surface area contributed by atoms with Gasteiger partial charge in [-0.1, -0.05) is 11.6 Å². The average molecular weight is 254 g/mol. The maximum Gasteiger partial charge on any atom is 0.337 e. The lowest BCUT2D eigenvalue weighted by molar-refractivity contribution is -0.132. The molecule has 0 spiro atoms. The Morgan fingerprint density at radius 1 is 1.47 bits per heavy atom. The smallest absolute Gasteiger partial charge is 0.337 e. The highest BCUT2D eigenvalue weighted by atomic mass is 35.5. The van der Waals surface area contributed by atoms with E-state index >= 15 is 0 Å². The van der Waals surface area contributed by atoms with E-state index in [1.54, 1.807) is 11.0 Å². The van der Waals surface area contributed by atoms with Crippen molar-refractivity contribution in [2.75, 3.05) is 11.4 Å². The van der Waals surface area contributed by atoms with Crippen LogP contribution in [-0.4, -0.2) is 23.5 Å². The van der Waals surface area contributed by atoms with Crippen LogP contribution < -0.4 is 4.90 Å². The molecule has 0 saturated carbocycles. The molecule has 1 saturated heterocycles. The van der Waals surface area contributed by atoms with E-state index in [9.17, 15) is 9.59 Å². The van der Waals surface area contributed by atoms with E-state index in [0.717, 1.165) is 0 Å². The number of benzene rings is 1. The molecule has 2 rings (SSSR count). The van der Waals surface area contributed by atoms with Gasteiger partial charge in [-0.3, -0.25) is 4.79 Å². The highest BCUT2D eigenvalue weighted by Crippen LogP contribution is 2.36. The Labute approximate surface area is 104 Å². The van der Waals surface area contributed by atoms with Crippen molar-refractivity contribution in [1.82, 2.24) is 0 Å². The van der Waals surface area contributed by atoms with Crippen LogP contribution in [0, 0.1) is 5.41 Å². The summed E-state index contributed by atoms with van der Waals surface area (Å²) in [5, 5.41) is 9.12. The van der Waals surface area contributed by atoms with E-state index in [0.29, 0.717) is 12.2 Å². The first-order chi connectivity index (χ1) is 7.83. The normalized spacial score (nSPS) is 17.8. The van der Waals surface area contributed by atoms with Crippen molar-refractivity contribution in [3.63, 3.8) is 0 Å². The molecule has 0 aromatic heterocycles. The number of anilines is 1. The molecule has 0 aliphatic carbocycles. The topological polar surface area (TPSA) is 57.6 Å². The Bertz CT molecular complexity index is 510. The third-order valence-electron chi connectivity index (χ3n) is 2.87. The molecular formula is C12H12ClNO3. The summed E-state index contributed by atoms with van der Waals surface area (Å²) >= 11 is 5.77. The van der Waals surface area contributed by atoms with Gasteiger partial charge in [0.05, 0.1) is 16.0 Å². The Hall–Kier alpha value is -1.55. The van der Waals surface area contributed by atoms with Gasteiger partial charge in [-0.05, 0) is 32.0 Å². The Morgan fingerprint density at radius 3 is 2.59 bits per heavy atom. The average Bonchev–Trinajstić information content (AvgIpc) is 2.26. The number of carboxylic acid groups (broad SMARTS) is 1. The number of nitrogens with zero attached hydrogens (tertiary/aromatic N) is 1. The predicted molar refractivity (Wildman–Crippen MR) is 64.5 cm³/mol. The van der Waals surface area contributed by atoms with E-state index < -0.39 is 5.97 Å². The van der Waals surface area contributed by atoms with Crippen molar-refractivity contribution in [1.29, 1.82) is 0 Å². The molecule has 0 radical (unpaired) electrons. The molecule has 4 nitrogen and oxygen atoms in total. The van der Waals surface area contributed by atoms with Gasteiger partial charge >= 0.3 is 5.97 Å². The second-order valence-electron chi connectivity index (χ2n) is 4.74. The minimum absolute atomic E-state index is 0.00355. The van der Waals surface area contributed by atoms with Gasteiger partial charge in [0.1, 0.15) is 0 Å². The molecule has 1 aromatic carbocycles. The number of carbonyl (C=O) groups excluding carboxylic acids is 1. The second-order valence-corrected chi connectivity index (χ2v) is 5.15. The Balaban J connectivity index is 2.33. The number of halogens is 1. The van der Waals surface area contributed by atoms with E-state index in [4.69, 9.17) is 16.7 Å². The summed E-state index contributed by atoms with van der Waals surface area (Å²) in [6.45, 7) is 4.31. The van der Waals surface area contributed by atoms with Gasteiger partial charge in [0.15, 0.2) is 0 Å². The summed E-state index contributed by atoms with van der Waals surface area (Å²) in [4.78, 5) is 24.3. The van der Waals surface area contributed by atoms with Crippen molar-refractivity contribution in [2.24, 2.45) is 5.41 Å². The number of β-lactam (4-membered cyclic amide) rings is 1. The fraction of sp³-hybridized carbons (Fsp3) is 0.333. The molecule has 5 heteroatoms. The first-order valence-electron chi connectivity index (χ1n) is 5.18. The van der Waals surface area contributed by atoms with Gasteiger partial charge in [0.25, 0.3) is 0 Å². The fourth-order valence-electron chi connectivity index (χ4n) is 1.86. The molecule has 90 valence electrons. The van der Waals surface area contributed by atoms with E-state index in [-0.39, 0.29) is 21.9 Å². The molecule has 1 aromatic rings. The zero-order valence-corrected chi connectivity index (χ0v) is 10.3. The van der Waals surface area contributed by atoms with Crippen LogP contribution >= 0.6 is 11.6 Å². The number of rotatable bonds is 2. The SMILES string of the molecule is CC1(C)CN(c2ccc(Cl)c(C(=O)O)c2)C1=O. The van der Waals surface area contributed by atoms with Gasteiger partial charge in [0, 0.05) is 12.2 Å². The van der Waals surface area contributed by atoms with Gasteiger partial charge in [-0.2, -0.15) is 0 Å². The molecule has 0 atom stereocenters. The van der Waals surface area contributed by atoms with Gasteiger partial charge in [-0.15, -0.1) is 0 Å². The van der Waals surface area contributed by atoms with Crippen molar-refractivity contribution in [3.05, 3.63) is 28.8 Å². The number of carbonyl (C=O) groups is 2. The van der Waals surface area contributed by atoms with Crippen LogP contribution in [0.3, 0.4) is 0 Å². The molecule has 17 heavy (non-hydrogen) atoms. The number of aromatic carboxylic acids is 1. The van der Waals surface area contributed by atoms with Crippen LogP contribution in [0.15, 0.2) is 18.2 Å². The predicted octanol–water partition coefficient (Wildman–Crippen LogP) is 2.41. The minimum Gasteiger partial charge on any atom is -0.478 e. The van der Waals surface area contributed by atoms with Crippen LogP contribution in [-0.2, 0) is 4.79 Å². The summed E-state index contributed by atoms with van der Waals surface area (Å²) in [5.74, 6) is -1.10.